The van der Waals surface area contributed by atoms with E-state index in [-0.39, 0.29) is 23.9 Å². The Labute approximate surface area is 148 Å². The average molecular weight is 356 g/mol. The number of carbonyl (C=O) groups excluding carboxylic acids is 2. The Hall–Kier alpha value is -3.42. The summed E-state index contributed by atoms with van der Waals surface area (Å²) in [6.45, 7) is 0.240. The molecular formula is C18H16N2O6. The number of rotatable bonds is 5. The second-order valence-electron chi connectivity index (χ2n) is 5.78. The first kappa shape index (κ1) is 17.4. The van der Waals surface area contributed by atoms with E-state index in [0.29, 0.717) is 17.7 Å². The third-order valence-corrected chi connectivity index (χ3v) is 4.03. The second kappa shape index (κ2) is 7.22. The monoisotopic (exact) mass is 356 g/mol. The zero-order chi connectivity index (χ0) is 18.7. The maximum Gasteiger partial charge on any atom is 0.337 e. The molecule has 1 aliphatic rings. The van der Waals surface area contributed by atoms with E-state index < -0.39 is 16.8 Å². The van der Waals surface area contributed by atoms with Crippen LogP contribution in [0.5, 0.6) is 5.75 Å². The Morgan fingerprint density at radius 2 is 2.08 bits per heavy atom. The van der Waals surface area contributed by atoms with Crippen molar-refractivity contribution in [3.05, 3.63) is 69.3 Å². The van der Waals surface area contributed by atoms with Gasteiger partial charge in [0.05, 0.1) is 24.1 Å². The fraction of sp³-hybridized carbons (Fsp3) is 0.222. The molecule has 1 aliphatic heterocycles. The van der Waals surface area contributed by atoms with Crippen molar-refractivity contribution in [3.8, 4) is 5.75 Å². The van der Waals surface area contributed by atoms with Gasteiger partial charge in [-0.2, -0.15) is 0 Å². The number of carbonyl (C=O) groups is 2. The molecule has 2 aromatic carbocycles. The zero-order valence-electron chi connectivity index (χ0n) is 13.9. The zero-order valence-corrected chi connectivity index (χ0v) is 13.9. The number of hydrogen-bond acceptors (Lipinski definition) is 6. The lowest BCUT2D eigenvalue weighted by atomic mass is 10.1. The molecule has 1 N–H and O–H groups in total. The average Bonchev–Trinajstić information content (AvgIpc) is 3.07. The fourth-order valence-electron chi connectivity index (χ4n) is 2.75. The van der Waals surface area contributed by atoms with Gasteiger partial charge < -0.3 is 14.8 Å². The van der Waals surface area contributed by atoms with Gasteiger partial charge >= 0.3 is 5.97 Å². The van der Waals surface area contributed by atoms with E-state index in [1.165, 1.54) is 31.4 Å². The van der Waals surface area contributed by atoms with Crippen LogP contribution in [-0.2, 0) is 11.2 Å². The fourth-order valence-corrected chi connectivity index (χ4v) is 2.75. The lowest BCUT2D eigenvalue weighted by Crippen LogP contribution is -2.34. The number of methoxy groups -OCH3 is 1. The smallest absolute Gasteiger partial charge is 0.337 e. The van der Waals surface area contributed by atoms with Gasteiger partial charge in [0, 0.05) is 24.1 Å². The minimum atomic E-state index is -0.549. The Morgan fingerprint density at radius 3 is 2.81 bits per heavy atom. The van der Waals surface area contributed by atoms with Gasteiger partial charge in [-0.25, -0.2) is 4.79 Å². The van der Waals surface area contributed by atoms with E-state index in [2.05, 4.69) is 5.32 Å². The third kappa shape index (κ3) is 3.64. The summed E-state index contributed by atoms with van der Waals surface area (Å²) >= 11 is 0. The highest BCUT2D eigenvalue weighted by molar-refractivity contribution is 5.94. The Bertz CT molecular complexity index is 880. The summed E-state index contributed by atoms with van der Waals surface area (Å²) in [5.41, 5.74) is 1.37. The van der Waals surface area contributed by atoms with E-state index in [0.717, 1.165) is 5.56 Å². The highest BCUT2D eigenvalue weighted by Gasteiger charge is 2.25. The van der Waals surface area contributed by atoms with Crippen molar-refractivity contribution in [2.75, 3.05) is 13.7 Å². The first-order chi connectivity index (χ1) is 12.5. The van der Waals surface area contributed by atoms with Gasteiger partial charge in [0.25, 0.3) is 11.6 Å². The molecule has 1 atom stereocenters. The van der Waals surface area contributed by atoms with Gasteiger partial charge in [-0.05, 0) is 29.8 Å². The van der Waals surface area contributed by atoms with Crippen molar-refractivity contribution in [3.63, 3.8) is 0 Å². The van der Waals surface area contributed by atoms with E-state index in [4.69, 9.17) is 9.47 Å². The van der Waals surface area contributed by atoms with Gasteiger partial charge in [-0.3, -0.25) is 14.9 Å². The predicted molar refractivity (Wildman–Crippen MR) is 91.3 cm³/mol. The highest BCUT2D eigenvalue weighted by Crippen LogP contribution is 2.29. The number of nitro groups is 1. The Kier molecular flexibility index (Phi) is 4.83. The first-order valence-corrected chi connectivity index (χ1v) is 7.88. The summed E-state index contributed by atoms with van der Waals surface area (Å²) in [7, 11) is 1.32. The predicted octanol–water partition coefficient (Wildman–Crippen LogP) is 2.11. The molecule has 0 aromatic heterocycles. The van der Waals surface area contributed by atoms with Crippen molar-refractivity contribution >= 4 is 17.6 Å². The molecule has 8 nitrogen and oxygen atoms in total. The number of nitro benzene ring substituents is 1. The molecule has 0 saturated carbocycles. The standard InChI is InChI=1S/C18H16N2O6/c1-25-18(22)12-5-6-16-13(7-12)9-15(26-16)10-19-17(21)11-3-2-4-14(8-11)20(23)24/h2-8,15H,9-10H2,1H3,(H,19,21)/t15-/m0/s1. The molecule has 8 heteroatoms. The minimum absolute atomic E-state index is 0.141. The number of esters is 1. The normalized spacial score (nSPS) is 14.9. The maximum atomic E-state index is 12.2. The summed E-state index contributed by atoms with van der Waals surface area (Å²) in [5, 5.41) is 13.5. The van der Waals surface area contributed by atoms with Crippen LogP contribution in [0.1, 0.15) is 26.3 Å². The molecule has 0 radical (unpaired) electrons. The topological polar surface area (TPSA) is 108 Å². The van der Waals surface area contributed by atoms with Crippen molar-refractivity contribution in [2.45, 2.75) is 12.5 Å². The van der Waals surface area contributed by atoms with Crippen molar-refractivity contribution in [1.29, 1.82) is 0 Å². The van der Waals surface area contributed by atoms with Crippen LogP contribution >= 0.6 is 0 Å². The molecule has 0 spiro atoms. The molecule has 0 saturated heterocycles. The lowest BCUT2D eigenvalue weighted by molar-refractivity contribution is -0.384. The van der Waals surface area contributed by atoms with Gasteiger partial charge in [0.15, 0.2) is 0 Å². The first-order valence-electron chi connectivity index (χ1n) is 7.88. The number of nitrogens with zero attached hydrogens (tertiary/aromatic N) is 1. The molecular weight excluding hydrogens is 340 g/mol. The maximum absolute atomic E-state index is 12.2. The molecule has 2 aromatic rings. The molecule has 0 unspecified atom stereocenters. The van der Waals surface area contributed by atoms with E-state index in [9.17, 15) is 19.7 Å². The molecule has 3 rings (SSSR count). The number of nitrogens with one attached hydrogen (secondary N) is 1. The van der Waals surface area contributed by atoms with Crippen LogP contribution in [0.3, 0.4) is 0 Å². The summed E-state index contributed by atoms with van der Waals surface area (Å²) in [4.78, 5) is 34.0. The SMILES string of the molecule is COC(=O)c1ccc2c(c1)C[C@@H](CNC(=O)c1cccc([N+](=O)[O-])c1)O2. The number of amides is 1. The highest BCUT2D eigenvalue weighted by atomic mass is 16.6. The quantitative estimate of drug-likeness (QED) is 0.499. The van der Waals surface area contributed by atoms with Crippen LogP contribution in [0.25, 0.3) is 0 Å². The summed E-state index contributed by atoms with van der Waals surface area (Å²) < 4.78 is 10.4. The van der Waals surface area contributed by atoms with Crippen LogP contribution < -0.4 is 10.1 Å². The second-order valence-corrected chi connectivity index (χ2v) is 5.78. The Morgan fingerprint density at radius 1 is 1.27 bits per heavy atom. The molecule has 134 valence electrons. The van der Waals surface area contributed by atoms with E-state index >= 15 is 0 Å². The number of hydrogen-bond donors (Lipinski definition) is 1. The molecule has 0 bridgehead atoms. The lowest BCUT2D eigenvalue weighted by Gasteiger charge is -2.12. The van der Waals surface area contributed by atoms with Crippen LogP contribution in [0.15, 0.2) is 42.5 Å². The van der Waals surface area contributed by atoms with Crippen molar-refractivity contribution < 1.29 is 24.0 Å². The number of benzene rings is 2. The van der Waals surface area contributed by atoms with Crippen LogP contribution in [0.4, 0.5) is 5.69 Å². The van der Waals surface area contributed by atoms with Gasteiger partial charge in [0.2, 0.25) is 0 Å². The number of non-ortho nitro benzene ring substituents is 1. The largest absolute Gasteiger partial charge is 0.488 e. The molecule has 0 aliphatic carbocycles. The summed E-state index contributed by atoms with van der Waals surface area (Å²) in [5.74, 6) is -0.175. The van der Waals surface area contributed by atoms with Crippen molar-refractivity contribution in [2.24, 2.45) is 0 Å². The van der Waals surface area contributed by atoms with Crippen LogP contribution in [0, 0.1) is 10.1 Å². The summed E-state index contributed by atoms with van der Waals surface area (Å²) in [6.07, 6.45) is 0.260. The van der Waals surface area contributed by atoms with Gasteiger partial charge in [-0.15, -0.1) is 0 Å². The minimum Gasteiger partial charge on any atom is -0.488 e. The van der Waals surface area contributed by atoms with Gasteiger partial charge in [-0.1, -0.05) is 6.07 Å². The van der Waals surface area contributed by atoms with Crippen LogP contribution in [0.2, 0.25) is 0 Å². The van der Waals surface area contributed by atoms with Crippen molar-refractivity contribution in [1.82, 2.24) is 5.32 Å². The third-order valence-electron chi connectivity index (χ3n) is 4.03. The summed E-state index contributed by atoms with van der Waals surface area (Å²) in [6, 6.07) is 10.6. The van der Waals surface area contributed by atoms with Gasteiger partial charge in [0.1, 0.15) is 11.9 Å². The molecule has 0 fully saturated rings. The van der Waals surface area contributed by atoms with E-state index in [1.807, 2.05) is 0 Å². The van der Waals surface area contributed by atoms with E-state index in [1.54, 1.807) is 18.2 Å². The molecule has 1 heterocycles. The molecule has 1 amide bonds. The Balaban J connectivity index is 1.61. The number of ether oxygens (including phenoxy) is 2. The van der Waals surface area contributed by atoms with Crippen LogP contribution in [-0.4, -0.2) is 36.6 Å². The molecule has 26 heavy (non-hydrogen) atoms. The number of fused-ring (bicyclic) bond motifs is 1.